The van der Waals surface area contributed by atoms with E-state index >= 15 is 0 Å². The van der Waals surface area contributed by atoms with E-state index in [4.69, 9.17) is 0 Å². The van der Waals surface area contributed by atoms with Crippen LogP contribution in [0.25, 0.3) is 0 Å². The lowest BCUT2D eigenvalue weighted by atomic mass is 9.88. The van der Waals surface area contributed by atoms with Gasteiger partial charge in [0.2, 0.25) is 0 Å². The molecule has 20 heavy (non-hydrogen) atoms. The fourth-order valence-corrected chi connectivity index (χ4v) is 2.93. The third-order valence-corrected chi connectivity index (χ3v) is 4.25. The molecule has 0 fully saturated rings. The lowest BCUT2D eigenvalue weighted by Crippen LogP contribution is -2.58. The van der Waals surface area contributed by atoms with E-state index in [9.17, 15) is 0 Å². The fourth-order valence-electron chi connectivity index (χ4n) is 2.93. The average molecular weight is 280 g/mol. The molecule has 0 aliphatic heterocycles. The molecule has 0 aliphatic rings. The number of aromatic nitrogens is 2. The summed E-state index contributed by atoms with van der Waals surface area (Å²) in [5.41, 5.74) is 1.29. The van der Waals surface area contributed by atoms with Gasteiger partial charge in [0.15, 0.2) is 0 Å². The molecule has 1 aromatic rings. The maximum atomic E-state index is 4.54. The molecule has 4 heteroatoms. The van der Waals surface area contributed by atoms with Crippen LogP contribution in [-0.4, -0.2) is 45.9 Å². The van der Waals surface area contributed by atoms with Crippen LogP contribution in [0.15, 0.2) is 12.3 Å². The molecule has 1 heterocycles. The maximum absolute atomic E-state index is 4.54. The average Bonchev–Trinajstić information content (AvgIpc) is 2.81. The van der Waals surface area contributed by atoms with Crippen molar-refractivity contribution in [3.63, 3.8) is 0 Å². The van der Waals surface area contributed by atoms with E-state index in [0.717, 1.165) is 32.5 Å². The summed E-state index contributed by atoms with van der Waals surface area (Å²) in [6.45, 7) is 14.6. The lowest BCUT2D eigenvalue weighted by molar-refractivity contribution is 0.0907. The lowest BCUT2D eigenvalue weighted by Gasteiger charge is -2.43. The Morgan fingerprint density at radius 3 is 2.40 bits per heavy atom. The zero-order valence-electron chi connectivity index (χ0n) is 14.1. The van der Waals surface area contributed by atoms with Gasteiger partial charge in [0.05, 0.1) is 5.69 Å². The van der Waals surface area contributed by atoms with Gasteiger partial charge in [-0.2, -0.15) is 5.10 Å². The van der Waals surface area contributed by atoms with Crippen molar-refractivity contribution in [1.29, 1.82) is 0 Å². The predicted octanol–water partition coefficient (Wildman–Crippen LogP) is 2.45. The Labute approximate surface area is 124 Å². The Hall–Kier alpha value is -0.870. The van der Waals surface area contributed by atoms with Crippen molar-refractivity contribution in [3.05, 3.63) is 18.0 Å². The van der Waals surface area contributed by atoms with E-state index in [1.54, 1.807) is 0 Å². The second kappa shape index (κ2) is 7.79. The number of likely N-dealkylation sites (N-methyl/N-ethyl adjacent to an activating group) is 1. The molecule has 1 aromatic heterocycles. The van der Waals surface area contributed by atoms with E-state index in [1.807, 2.05) is 17.9 Å². The Morgan fingerprint density at radius 2 is 1.95 bits per heavy atom. The van der Waals surface area contributed by atoms with Crippen LogP contribution >= 0.6 is 0 Å². The van der Waals surface area contributed by atoms with Gasteiger partial charge in [-0.3, -0.25) is 9.58 Å². The first-order chi connectivity index (χ1) is 9.45. The number of nitrogens with one attached hydrogen (secondary N) is 1. The summed E-state index contributed by atoms with van der Waals surface area (Å²) in [5, 5.41) is 8.27. The quantitative estimate of drug-likeness (QED) is 0.754. The summed E-state index contributed by atoms with van der Waals surface area (Å²) >= 11 is 0. The summed E-state index contributed by atoms with van der Waals surface area (Å²) in [4.78, 5) is 2.53. The first-order valence-electron chi connectivity index (χ1n) is 7.92. The monoisotopic (exact) mass is 280 g/mol. The molecule has 0 radical (unpaired) electrons. The number of aryl methyl sites for hydroxylation is 1. The second-order valence-electron chi connectivity index (χ2n) is 6.02. The first-order valence-corrected chi connectivity index (χ1v) is 7.92. The molecular weight excluding hydrogens is 248 g/mol. The van der Waals surface area contributed by atoms with Gasteiger partial charge in [-0.1, -0.05) is 20.8 Å². The highest BCUT2D eigenvalue weighted by molar-refractivity contribution is 5.06. The Morgan fingerprint density at radius 1 is 1.30 bits per heavy atom. The number of hydrogen-bond acceptors (Lipinski definition) is 3. The van der Waals surface area contributed by atoms with Crippen molar-refractivity contribution in [2.45, 2.75) is 59.0 Å². The molecule has 0 aliphatic carbocycles. The van der Waals surface area contributed by atoms with Crippen LogP contribution in [0.2, 0.25) is 0 Å². The third-order valence-electron chi connectivity index (χ3n) is 4.25. The smallest absolute Gasteiger partial charge is 0.0640 e. The Bertz CT molecular complexity index is 380. The molecule has 0 aromatic carbocycles. The van der Waals surface area contributed by atoms with Gasteiger partial charge in [0.1, 0.15) is 0 Å². The van der Waals surface area contributed by atoms with E-state index in [0.29, 0.717) is 6.04 Å². The van der Waals surface area contributed by atoms with Crippen LogP contribution in [0, 0.1) is 0 Å². The highest BCUT2D eigenvalue weighted by atomic mass is 15.3. The van der Waals surface area contributed by atoms with Crippen LogP contribution in [0.5, 0.6) is 0 Å². The molecule has 1 unspecified atom stereocenters. The number of rotatable bonds is 9. The number of nitrogens with zero attached hydrogens (tertiary/aromatic N) is 3. The molecule has 1 rings (SSSR count). The summed E-state index contributed by atoms with van der Waals surface area (Å²) in [6, 6.07) is 2.54. The van der Waals surface area contributed by atoms with Crippen molar-refractivity contribution < 1.29 is 0 Å². The molecule has 4 nitrogen and oxygen atoms in total. The largest absolute Gasteiger partial charge is 0.312 e. The molecule has 0 saturated carbocycles. The van der Waals surface area contributed by atoms with Gasteiger partial charge in [0.25, 0.3) is 0 Å². The summed E-state index contributed by atoms with van der Waals surface area (Å²) in [5.74, 6) is 0. The minimum Gasteiger partial charge on any atom is -0.312 e. The molecule has 116 valence electrons. The molecule has 0 amide bonds. The minimum atomic E-state index is 0.121. The van der Waals surface area contributed by atoms with Gasteiger partial charge in [-0.15, -0.1) is 0 Å². The van der Waals surface area contributed by atoms with Crippen molar-refractivity contribution in [1.82, 2.24) is 20.0 Å². The van der Waals surface area contributed by atoms with E-state index in [-0.39, 0.29) is 5.54 Å². The molecule has 0 saturated heterocycles. The summed E-state index contributed by atoms with van der Waals surface area (Å²) in [6.07, 6.45) is 4.16. The SMILES string of the molecule is CCCNC(Cc1ccn(C)n1)C(C)(C)N(CC)CC. The van der Waals surface area contributed by atoms with Crippen LogP contribution < -0.4 is 5.32 Å². The number of hydrogen-bond donors (Lipinski definition) is 1. The van der Waals surface area contributed by atoms with E-state index in [1.165, 1.54) is 5.69 Å². The Kier molecular flexibility index (Phi) is 6.69. The summed E-state index contributed by atoms with van der Waals surface area (Å²) < 4.78 is 1.89. The van der Waals surface area contributed by atoms with E-state index < -0.39 is 0 Å². The fraction of sp³-hybridized carbons (Fsp3) is 0.812. The van der Waals surface area contributed by atoms with Crippen molar-refractivity contribution in [3.8, 4) is 0 Å². The van der Waals surface area contributed by atoms with Crippen molar-refractivity contribution in [2.75, 3.05) is 19.6 Å². The first kappa shape index (κ1) is 17.2. The normalized spacial score (nSPS) is 13.9. The van der Waals surface area contributed by atoms with Crippen LogP contribution in [0.1, 0.15) is 46.7 Å². The van der Waals surface area contributed by atoms with Crippen LogP contribution in [-0.2, 0) is 13.5 Å². The molecule has 1 atom stereocenters. The zero-order valence-corrected chi connectivity index (χ0v) is 14.1. The molecule has 1 N–H and O–H groups in total. The van der Waals surface area contributed by atoms with Gasteiger partial charge >= 0.3 is 0 Å². The molecular formula is C16H32N4. The second-order valence-corrected chi connectivity index (χ2v) is 6.02. The predicted molar refractivity (Wildman–Crippen MR) is 86.0 cm³/mol. The topological polar surface area (TPSA) is 33.1 Å². The highest BCUT2D eigenvalue weighted by Gasteiger charge is 2.33. The maximum Gasteiger partial charge on any atom is 0.0640 e. The van der Waals surface area contributed by atoms with Crippen LogP contribution in [0.3, 0.4) is 0 Å². The third kappa shape index (κ3) is 4.32. The minimum absolute atomic E-state index is 0.121. The Balaban J connectivity index is 2.86. The zero-order chi connectivity index (χ0) is 15.2. The molecule has 0 bridgehead atoms. The summed E-state index contributed by atoms with van der Waals surface area (Å²) in [7, 11) is 1.98. The van der Waals surface area contributed by atoms with Gasteiger partial charge in [-0.25, -0.2) is 0 Å². The van der Waals surface area contributed by atoms with Gasteiger partial charge in [-0.05, 0) is 46.0 Å². The van der Waals surface area contributed by atoms with Crippen LogP contribution in [0.4, 0.5) is 0 Å². The highest BCUT2D eigenvalue weighted by Crippen LogP contribution is 2.21. The van der Waals surface area contributed by atoms with Gasteiger partial charge in [0, 0.05) is 31.2 Å². The van der Waals surface area contributed by atoms with E-state index in [2.05, 4.69) is 56.0 Å². The van der Waals surface area contributed by atoms with Crippen molar-refractivity contribution >= 4 is 0 Å². The van der Waals surface area contributed by atoms with Gasteiger partial charge < -0.3 is 5.32 Å². The molecule has 0 spiro atoms. The standard InChI is InChI=1S/C16H32N4/c1-7-11-17-15(13-14-10-12-19(6)18-14)16(4,5)20(8-2)9-3/h10,12,15,17H,7-9,11,13H2,1-6H3. The van der Waals surface area contributed by atoms with Crippen molar-refractivity contribution in [2.24, 2.45) is 7.05 Å².